The molecule has 1 aromatic carbocycles. The van der Waals surface area contributed by atoms with Crippen molar-refractivity contribution in [2.45, 2.75) is 19.5 Å². The second kappa shape index (κ2) is 8.47. The lowest BCUT2D eigenvalue weighted by Gasteiger charge is -2.16. The van der Waals surface area contributed by atoms with Gasteiger partial charge in [0.1, 0.15) is 12.4 Å². The molecule has 0 unspecified atom stereocenters. The predicted octanol–water partition coefficient (Wildman–Crippen LogP) is 2.01. The van der Waals surface area contributed by atoms with Crippen molar-refractivity contribution >= 4 is 11.6 Å². The number of hydrogen-bond acceptors (Lipinski definition) is 4. The second-order valence-corrected chi connectivity index (χ2v) is 4.48. The standard InChI is InChI=1S/C14H19F3N2O3/c1-2-5-18-13(21)9-19-12-4-3-10(22-7-6-20)8-11(12)14(15,16)17/h3-4,8,19-20H,2,5-7,9H2,1H3,(H,18,21). The van der Waals surface area contributed by atoms with Gasteiger partial charge in [-0.3, -0.25) is 4.79 Å². The van der Waals surface area contributed by atoms with E-state index in [1.165, 1.54) is 12.1 Å². The van der Waals surface area contributed by atoms with Gasteiger partial charge in [-0.25, -0.2) is 0 Å². The Labute approximate surface area is 126 Å². The van der Waals surface area contributed by atoms with Gasteiger partial charge < -0.3 is 20.5 Å². The Morgan fingerprint density at radius 1 is 1.36 bits per heavy atom. The molecule has 0 saturated carbocycles. The molecule has 0 aliphatic carbocycles. The molecule has 1 rings (SSSR count). The van der Waals surface area contributed by atoms with Crippen molar-refractivity contribution in [1.29, 1.82) is 0 Å². The number of carbonyl (C=O) groups excluding carboxylic acids is 1. The Kier molecular flexibility index (Phi) is 6.97. The van der Waals surface area contributed by atoms with Crippen LogP contribution in [0, 0.1) is 0 Å². The summed E-state index contributed by atoms with van der Waals surface area (Å²) < 4.78 is 44.1. The minimum atomic E-state index is -4.58. The van der Waals surface area contributed by atoms with Gasteiger partial charge >= 0.3 is 6.18 Å². The van der Waals surface area contributed by atoms with E-state index in [1.54, 1.807) is 0 Å². The molecule has 0 saturated heterocycles. The third-order valence-electron chi connectivity index (χ3n) is 2.67. The van der Waals surface area contributed by atoms with E-state index >= 15 is 0 Å². The maximum Gasteiger partial charge on any atom is 0.418 e. The van der Waals surface area contributed by atoms with E-state index in [1.807, 2.05) is 6.92 Å². The van der Waals surface area contributed by atoms with Crippen molar-refractivity contribution in [3.05, 3.63) is 23.8 Å². The zero-order valence-corrected chi connectivity index (χ0v) is 12.2. The van der Waals surface area contributed by atoms with Crippen molar-refractivity contribution in [3.8, 4) is 5.75 Å². The SMILES string of the molecule is CCCNC(=O)CNc1ccc(OCCO)cc1C(F)(F)F. The number of benzene rings is 1. The number of aliphatic hydroxyl groups excluding tert-OH is 1. The Balaban J connectivity index is 2.82. The lowest BCUT2D eigenvalue weighted by atomic mass is 10.1. The quantitative estimate of drug-likeness (QED) is 0.685. The molecule has 0 spiro atoms. The molecule has 0 bridgehead atoms. The van der Waals surface area contributed by atoms with Crippen molar-refractivity contribution in [2.24, 2.45) is 0 Å². The van der Waals surface area contributed by atoms with Crippen LogP contribution in [0.3, 0.4) is 0 Å². The largest absolute Gasteiger partial charge is 0.491 e. The fraction of sp³-hybridized carbons (Fsp3) is 0.500. The smallest absolute Gasteiger partial charge is 0.418 e. The highest BCUT2D eigenvalue weighted by Crippen LogP contribution is 2.37. The number of anilines is 1. The minimum absolute atomic E-state index is 0.00218. The van der Waals surface area contributed by atoms with Gasteiger partial charge in [-0.15, -0.1) is 0 Å². The van der Waals surface area contributed by atoms with Crippen LogP contribution < -0.4 is 15.4 Å². The first-order chi connectivity index (χ1) is 10.4. The van der Waals surface area contributed by atoms with Crippen molar-refractivity contribution in [1.82, 2.24) is 5.32 Å². The summed E-state index contributed by atoms with van der Waals surface area (Å²) in [4.78, 5) is 11.4. The van der Waals surface area contributed by atoms with Crippen LogP contribution in [0.4, 0.5) is 18.9 Å². The van der Waals surface area contributed by atoms with Gasteiger partial charge in [0.05, 0.1) is 18.7 Å². The zero-order chi connectivity index (χ0) is 16.6. The summed E-state index contributed by atoms with van der Waals surface area (Å²) in [6.07, 6.45) is -3.84. The summed E-state index contributed by atoms with van der Waals surface area (Å²) in [6.45, 7) is 1.71. The molecule has 22 heavy (non-hydrogen) atoms. The minimum Gasteiger partial charge on any atom is -0.491 e. The molecule has 0 radical (unpaired) electrons. The molecular formula is C14H19F3N2O3. The van der Waals surface area contributed by atoms with Gasteiger partial charge in [-0.05, 0) is 24.6 Å². The van der Waals surface area contributed by atoms with Gasteiger partial charge in [-0.1, -0.05) is 6.92 Å². The maximum atomic E-state index is 13.0. The van der Waals surface area contributed by atoms with Crippen LogP contribution in [-0.2, 0) is 11.0 Å². The number of carbonyl (C=O) groups is 1. The Bertz CT molecular complexity index is 493. The fourth-order valence-electron chi connectivity index (χ4n) is 1.67. The van der Waals surface area contributed by atoms with Crippen LogP contribution in [0.1, 0.15) is 18.9 Å². The molecular weight excluding hydrogens is 301 g/mol. The fourth-order valence-corrected chi connectivity index (χ4v) is 1.67. The molecule has 0 aromatic heterocycles. The molecule has 5 nitrogen and oxygen atoms in total. The molecule has 0 fully saturated rings. The monoisotopic (exact) mass is 320 g/mol. The van der Waals surface area contributed by atoms with Gasteiger partial charge in [-0.2, -0.15) is 13.2 Å². The van der Waals surface area contributed by atoms with E-state index in [9.17, 15) is 18.0 Å². The molecule has 0 aliphatic heterocycles. The summed E-state index contributed by atoms with van der Waals surface area (Å²) in [5.41, 5.74) is -1.12. The molecule has 1 aromatic rings. The maximum absolute atomic E-state index is 13.0. The number of hydrogen-bond donors (Lipinski definition) is 3. The topological polar surface area (TPSA) is 70.6 Å². The van der Waals surface area contributed by atoms with Crippen LogP contribution in [0.25, 0.3) is 0 Å². The predicted molar refractivity (Wildman–Crippen MR) is 75.8 cm³/mol. The first-order valence-corrected chi connectivity index (χ1v) is 6.84. The highest BCUT2D eigenvalue weighted by atomic mass is 19.4. The normalized spacial score (nSPS) is 11.1. The molecule has 0 aliphatic rings. The molecule has 0 atom stereocenters. The van der Waals surface area contributed by atoms with Gasteiger partial charge in [0.25, 0.3) is 0 Å². The van der Waals surface area contributed by atoms with Crippen LogP contribution in [0.2, 0.25) is 0 Å². The molecule has 3 N–H and O–H groups in total. The average Bonchev–Trinajstić information content (AvgIpc) is 2.48. The second-order valence-electron chi connectivity index (χ2n) is 4.48. The van der Waals surface area contributed by atoms with Gasteiger partial charge in [0, 0.05) is 12.2 Å². The van der Waals surface area contributed by atoms with Crippen LogP contribution in [-0.4, -0.2) is 37.3 Å². The Morgan fingerprint density at radius 2 is 2.09 bits per heavy atom. The third-order valence-corrected chi connectivity index (χ3v) is 2.67. The first-order valence-electron chi connectivity index (χ1n) is 6.84. The van der Waals surface area contributed by atoms with E-state index in [0.29, 0.717) is 6.54 Å². The van der Waals surface area contributed by atoms with Crippen molar-refractivity contribution in [3.63, 3.8) is 0 Å². The zero-order valence-electron chi connectivity index (χ0n) is 12.2. The van der Waals surface area contributed by atoms with Gasteiger partial charge in [0.2, 0.25) is 5.91 Å². The molecule has 124 valence electrons. The van der Waals surface area contributed by atoms with Crippen molar-refractivity contribution in [2.75, 3.05) is 31.6 Å². The number of rotatable bonds is 8. The van der Waals surface area contributed by atoms with E-state index < -0.39 is 11.7 Å². The number of ether oxygens (including phenoxy) is 1. The van der Waals surface area contributed by atoms with Crippen molar-refractivity contribution < 1.29 is 27.8 Å². The number of nitrogens with one attached hydrogen (secondary N) is 2. The number of halogens is 3. The Hall–Kier alpha value is -1.96. The summed E-state index contributed by atoms with van der Waals surface area (Å²) >= 11 is 0. The Morgan fingerprint density at radius 3 is 2.68 bits per heavy atom. The van der Waals surface area contributed by atoms with E-state index in [-0.39, 0.29) is 37.1 Å². The third kappa shape index (κ3) is 5.80. The molecule has 8 heteroatoms. The summed E-state index contributed by atoms with van der Waals surface area (Å²) in [7, 11) is 0. The highest BCUT2D eigenvalue weighted by Gasteiger charge is 2.34. The summed E-state index contributed by atoms with van der Waals surface area (Å²) in [5.74, 6) is -0.377. The molecule has 1 amide bonds. The first kappa shape index (κ1) is 18.1. The lowest BCUT2D eigenvalue weighted by molar-refractivity contribution is -0.137. The molecule has 0 heterocycles. The summed E-state index contributed by atoms with van der Waals surface area (Å²) in [6, 6.07) is 3.38. The number of amides is 1. The van der Waals surface area contributed by atoms with Crippen LogP contribution in [0.15, 0.2) is 18.2 Å². The van der Waals surface area contributed by atoms with E-state index in [4.69, 9.17) is 9.84 Å². The number of alkyl halides is 3. The van der Waals surface area contributed by atoms with E-state index in [2.05, 4.69) is 10.6 Å². The van der Waals surface area contributed by atoms with E-state index in [0.717, 1.165) is 12.5 Å². The lowest BCUT2D eigenvalue weighted by Crippen LogP contribution is -2.30. The van der Waals surface area contributed by atoms with Crippen LogP contribution in [0.5, 0.6) is 5.75 Å². The van der Waals surface area contributed by atoms with Gasteiger partial charge in [0.15, 0.2) is 0 Å². The average molecular weight is 320 g/mol. The van der Waals surface area contributed by atoms with Crippen LogP contribution >= 0.6 is 0 Å². The number of aliphatic hydroxyl groups is 1. The highest BCUT2D eigenvalue weighted by molar-refractivity contribution is 5.81. The summed E-state index contributed by atoms with van der Waals surface area (Å²) in [5, 5.41) is 13.7.